The predicted molar refractivity (Wildman–Crippen MR) is 66.8 cm³/mol. The maximum atomic E-state index is 7.42. The molecule has 1 aliphatic heterocycles. The lowest BCUT2D eigenvalue weighted by atomic mass is 9.99. The minimum absolute atomic E-state index is 0.0651. The van der Waals surface area contributed by atoms with Crippen molar-refractivity contribution in [1.29, 1.82) is 5.41 Å². The minimum atomic E-state index is 0.0651. The van der Waals surface area contributed by atoms with Crippen LogP contribution in [0, 0.1) is 5.41 Å². The summed E-state index contributed by atoms with van der Waals surface area (Å²) in [5.74, 6) is 1.76. The zero-order valence-corrected chi connectivity index (χ0v) is 9.23. The molecule has 17 heavy (non-hydrogen) atoms. The van der Waals surface area contributed by atoms with Gasteiger partial charge < -0.3 is 10.5 Å². The van der Waals surface area contributed by atoms with E-state index in [4.69, 9.17) is 15.9 Å². The Balaban J connectivity index is 2.06. The van der Waals surface area contributed by atoms with Crippen molar-refractivity contribution < 1.29 is 4.74 Å². The number of nitrogen functional groups attached to an aromatic ring is 1. The first-order valence-corrected chi connectivity index (χ1v) is 5.47. The Bertz CT molecular complexity index is 605. The van der Waals surface area contributed by atoms with Crippen molar-refractivity contribution in [2.75, 3.05) is 0 Å². The van der Waals surface area contributed by atoms with Gasteiger partial charge >= 0.3 is 0 Å². The average molecular weight is 224 g/mol. The van der Waals surface area contributed by atoms with Crippen LogP contribution in [-0.2, 0) is 6.42 Å². The number of hydrogen-bond acceptors (Lipinski definition) is 2. The van der Waals surface area contributed by atoms with Crippen LogP contribution in [0.15, 0.2) is 42.5 Å². The van der Waals surface area contributed by atoms with Crippen LogP contribution in [0.5, 0.6) is 11.5 Å². The molecule has 0 radical (unpaired) electrons. The molecule has 3 nitrogen and oxygen atoms in total. The molecule has 0 fully saturated rings. The van der Waals surface area contributed by atoms with E-state index in [1.165, 1.54) is 5.56 Å². The van der Waals surface area contributed by atoms with E-state index in [0.717, 1.165) is 23.5 Å². The summed E-state index contributed by atoms with van der Waals surface area (Å²) in [7, 11) is 0. The van der Waals surface area contributed by atoms with E-state index in [9.17, 15) is 0 Å². The summed E-state index contributed by atoms with van der Waals surface area (Å²) in [6.07, 6.45) is 0.865. The molecule has 0 unspecified atom stereocenters. The highest BCUT2D eigenvalue weighted by Gasteiger charge is 2.16. The second-order valence-electron chi connectivity index (χ2n) is 4.12. The largest absolute Gasteiger partial charge is 0.457 e. The number of para-hydroxylation sites is 1. The van der Waals surface area contributed by atoms with Crippen LogP contribution < -0.4 is 10.5 Å². The van der Waals surface area contributed by atoms with Gasteiger partial charge in [0.15, 0.2) is 0 Å². The quantitative estimate of drug-likeness (QED) is 0.493. The summed E-state index contributed by atoms with van der Waals surface area (Å²) >= 11 is 0. The maximum Gasteiger partial charge on any atom is 0.131 e. The van der Waals surface area contributed by atoms with Gasteiger partial charge in [-0.25, -0.2) is 0 Å². The van der Waals surface area contributed by atoms with Gasteiger partial charge in [-0.05, 0) is 23.3 Å². The average Bonchev–Trinajstić information content (AvgIpc) is 2.35. The van der Waals surface area contributed by atoms with Crippen molar-refractivity contribution >= 4 is 5.84 Å². The van der Waals surface area contributed by atoms with Crippen molar-refractivity contribution in [1.82, 2.24) is 0 Å². The first-order valence-electron chi connectivity index (χ1n) is 5.47. The van der Waals surface area contributed by atoms with Gasteiger partial charge in [-0.2, -0.15) is 0 Å². The van der Waals surface area contributed by atoms with Crippen LogP contribution in [-0.4, -0.2) is 5.84 Å². The summed E-state index contributed by atoms with van der Waals surface area (Å²) in [6.45, 7) is 0. The molecule has 0 aliphatic carbocycles. The molecule has 1 aliphatic rings. The van der Waals surface area contributed by atoms with Gasteiger partial charge in [0.1, 0.15) is 17.3 Å². The van der Waals surface area contributed by atoms with Crippen LogP contribution >= 0.6 is 0 Å². The van der Waals surface area contributed by atoms with Crippen LogP contribution in [0.1, 0.15) is 16.7 Å². The summed E-state index contributed by atoms with van der Waals surface area (Å²) in [5, 5.41) is 7.42. The lowest BCUT2D eigenvalue weighted by Crippen LogP contribution is -2.12. The molecule has 0 aromatic heterocycles. The fourth-order valence-electron chi connectivity index (χ4n) is 2.04. The van der Waals surface area contributed by atoms with Crippen molar-refractivity contribution in [3.05, 3.63) is 59.2 Å². The Kier molecular flexibility index (Phi) is 2.11. The molecule has 3 N–H and O–H groups in total. The molecule has 0 bridgehead atoms. The van der Waals surface area contributed by atoms with E-state index in [2.05, 4.69) is 6.07 Å². The maximum absolute atomic E-state index is 7.42. The molecular weight excluding hydrogens is 212 g/mol. The van der Waals surface area contributed by atoms with Gasteiger partial charge in [0.2, 0.25) is 0 Å². The topological polar surface area (TPSA) is 59.1 Å². The number of benzene rings is 2. The number of nitrogens with two attached hydrogens (primary N) is 1. The minimum Gasteiger partial charge on any atom is -0.457 e. The van der Waals surface area contributed by atoms with Crippen molar-refractivity contribution in [2.24, 2.45) is 5.73 Å². The Morgan fingerprint density at radius 1 is 1.06 bits per heavy atom. The lowest BCUT2D eigenvalue weighted by Gasteiger charge is -2.20. The molecule has 2 aromatic carbocycles. The zero-order chi connectivity index (χ0) is 11.8. The van der Waals surface area contributed by atoms with E-state index in [1.54, 1.807) is 0 Å². The second-order valence-corrected chi connectivity index (χ2v) is 4.12. The standard InChI is InChI=1S/C14H12N2O/c15-14(16)11-6-5-10-7-9-3-1-2-4-12(9)17-13(10)8-11/h1-6,8H,7H2,(H3,15,16). The van der Waals surface area contributed by atoms with Gasteiger partial charge in [-0.15, -0.1) is 0 Å². The summed E-state index contributed by atoms with van der Waals surface area (Å²) in [4.78, 5) is 0. The number of hydrogen-bond donors (Lipinski definition) is 2. The third-order valence-electron chi connectivity index (χ3n) is 2.95. The smallest absolute Gasteiger partial charge is 0.131 e. The van der Waals surface area contributed by atoms with Gasteiger partial charge in [-0.3, -0.25) is 5.41 Å². The molecule has 3 rings (SSSR count). The van der Waals surface area contributed by atoms with Gasteiger partial charge in [-0.1, -0.05) is 30.3 Å². The third-order valence-corrected chi connectivity index (χ3v) is 2.95. The van der Waals surface area contributed by atoms with Crippen LogP contribution in [0.25, 0.3) is 0 Å². The number of ether oxygens (including phenoxy) is 1. The highest BCUT2D eigenvalue weighted by atomic mass is 16.5. The molecule has 0 amide bonds. The molecule has 2 aromatic rings. The molecule has 0 spiro atoms. The predicted octanol–water partition coefficient (Wildman–Crippen LogP) is 2.67. The second kappa shape index (κ2) is 3.63. The van der Waals surface area contributed by atoms with Gasteiger partial charge in [0, 0.05) is 12.0 Å². The number of amidine groups is 1. The van der Waals surface area contributed by atoms with E-state index in [-0.39, 0.29) is 5.84 Å². The van der Waals surface area contributed by atoms with Gasteiger partial charge in [0.05, 0.1) is 0 Å². The zero-order valence-electron chi connectivity index (χ0n) is 9.23. The van der Waals surface area contributed by atoms with Crippen LogP contribution in [0.3, 0.4) is 0 Å². The molecular formula is C14H12N2O. The summed E-state index contributed by atoms with van der Waals surface area (Å²) in [6, 6.07) is 13.7. The Morgan fingerprint density at radius 2 is 1.82 bits per heavy atom. The monoisotopic (exact) mass is 224 g/mol. The molecule has 0 saturated heterocycles. The first-order chi connectivity index (χ1) is 8.24. The van der Waals surface area contributed by atoms with E-state index in [1.807, 2.05) is 36.4 Å². The third kappa shape index (κ3) is 1.65. The molecule has 84 valence electrons. The van der Waals surface area contributed by atoms with Gasteiger partial charge in [0.25, 0.3) is 0 Å². The Hall–Kier alpha value is -2.29. The SMILES string of the molecule is N=C(N)c1ccc2c(c1)Oc1ccccc1C2. The summed E-state index contributed by atoms with van der Waals surface area (Å²) in [5.41, 5.74) is 8.49. The Labute approximate surface area is 99.4 Å². The van der Waals surface area contributed by atoms with Crippen LogP contribution in [0.4, 0.5) is 0 Å². The molecule has 0 saturated carbocycles. The fraction of sp³-hybridized carbons (Fsp3) is 0.0714. The lowest BCUT2D eigenvalue weighted by molar-refractivity contribution is 0.460. The number of nitrogens with one attached hydrogen (secondary N) is 1. The fourth-order valence-corrected chi connectivity index (χ4v) is 2.04. The Morgan fingerprint density at radius 3 is 2.65 bits per heavy atom. The number of rotatable bonds is 1. The summed E-state index contributed by atoms with van der Waals surface area (Å²) < 4.78 is 5.82. The normalized spacial score (nSPS) is 12.2. The van der Waals surface area contributed by atoms with Crippen molar-refractivity contribution in [3.63, 3.8) is 0 Å². The van der Waals surface area contributed by atoms with E-state index < -0.39 is 0 Å². The number of fused-ring (bicyclic) bond motifs is 2. The first kappa shape index (κ1) is 9.90. The van der Waals surface area contributed by atoms with E-state index in [0.29, 0.717) is 5.56 Å². The molecule has 3 heteroatoms. The highest BCUT2D eigenvalue weighted by Crippen LogP contribution is 2.36. The highest BCUT2D eigenvalue weighted by molar-refractivity contribution is 5.95. The molecule has 0 atom stereocenters. The van der Waals surface area contributed by atoms with Crippen molar-refractivity contribution in [2.45, 2.75) is 6.42 Å². The van der Waals surface area contributed by atoms with E-state index >= 15 is 0 Å². The van der Waals surface area contributed by atoms with Crippen molar-refractivity contribution in [3.8, 4) is 11.5 Å². The van der Waals surface area contributed by atoms with Crippen LogP contribution in [0.2, 0.25) is 0 Å². The molecule has 1 heterocycles.